The van der Waals surface area contributed by atoms with Gasteiger partial charge in [0.25, 0.3) is 0 Å². The van der Waals surface area contributed by atoms with Gasteiger partial charge in [-0.1, -0.05) is 6.07 Å². The molecule has 0 aliphatic rings. The Balaban J connectivity index is 2.00. The molecule has 0 saturated carbocycles. The molecule has 2 rings (SSSR count). The Kier molecular flexibility index (Phi) is 3.41. The second-order valence-electron chi connectivity index (χ2n) is 3.53. The predicted molar refractivity (Wildman–Crippen MR) is 62.0 cm³/mol. The lowest BCUT2D eigenvalue weighted by atomic mass is 10.2. The maximum absolute atomic E-state index is 13.3. The minimum absolute atomic E-state index is 0.0481. The van der Waals surface area contributed by atoms with Crippen LogP contribution in [0.25, 0.3) is 0 Å². The summed E-state index contributed by atoms with van der Waals surface area (Å²) in [6.07, 6.45) is 2.30. The summed E-state index contributed by atoms with van der Waals surface area (Å²) >= 11 is 0. The number of hydrogen-bond acceptors (Lipinski definition) is 3. The summed E-state index contributed by atoms with van der Waals surface area (Å²) in [4.78, 5) is 0. The van der Waals surface area contributed by atoms with Crippen molar-refractivity contribution in [2.45, 2.75) is 6.42 Å². The summed E-state index contributed by atoms with van der Waals surface area (Å²) in [6.45, 7) is 0.589. The Morgan fingerprint density at radius 1 is 1.29 bits per heavy atom. The van der Waals surface area contributed by atoms with Crippen molar-refractivity contribution in [2.75, 3.05) is 11.9 Å². The quantitative estimate of drug-likeness (QED) is 0.878. The number of hydrogen-bond donors (Lipinski definition) is 1. The third-order valence-electron chi connectivity index (χ3n) is 2.39. The fourth-order valence-electron chi connectivity index (χ4n) is 1.56. The largest absolute Gasteiger partial charge is 0.469 e. The smallest absolute Gasteiger partial charge is 0.143 e. The highest BCUT2D eigenvalue weighted by atomic mass is 19.1. The van der Waals surface area contributed by atoms with E-state index in [1.165, 1.54) is 6.07 Å². The molecule has 1 N–H and O–H groups in total. The van der Waals surface area contributed by atoms with Crippen molar-refractivity contribution in [2.24, 2.45) is 0 Å². The molecule has 4 heteroatoms. The molecule has 0 saturated heterocycles. The second-order valence-corrected chi connectivity index (χ2v) is 3.53. The summed E-state index contributed by atoms with van der Waals surface area (Å²) in [5, 5.41) is 11.9. The fourth-order valence-corrected chi connectivity index (χ4v) is 1.56. The standard InChI is InChI=1S/C13H11FN2O/c14-12-4-1-5-13(11(12)9-15)16-7-6-10-3-2-8-17-10/h1-5,8,16H,6-7H2. The fraction of sp³-hybridized carbons (Fsp3) is 0.154. The number of nitrogens with zero attached hydrogens (tertiary/aromatic N) is 1. The van der Waals surface area contributed by atoms with Crippen LogP contribution in [-0.2, 0) is 6.42 Å². The number of rotatable bonds is 4. The summed E-state index contributed by atoms with van der Waals surface area (Å²) in [5.74, 6) is 0.350. The van der Waals surface area contributed by atoms with Crippen molar-refractivity contribution < 1.29 is 8.81 Å². The number of anilines is 1. The average Bonchev–Trinajstić information content (AvgIpc) is 2.82. The number of benzene rings is 1. The Bertz CT molecular complexity index is 529. The minimum Gasteiger partial charge on any atom is -0.469 e. The van der Waals surface area contributed by atoms with Crippen LogP contribution in [0.5, 0.6) is 0 Å². The number of halogens is 1. The van der Waals surface area contributed by atoms with Gasteiger partial charge in [-0.05, 0) is 24.3 Å². The average molecular weight is 230 g/mol. The Morgan fingerprint density at radius 3 is 2.88 bits per heavy atom. The van der Waals surface area contributed by atoms with E-state index < -0.39 is 5.82 Å². The van der Waals surface area contributed by atoms with Gasteiger partial charge >= 0.3 is 0 Å². The molecule has 3 nitrogen and oxygen atoms in total. The first-order valence-corrected chi connectivity index (χ1v) is 5.26. The van der Waals surface area contributed by atoms with E-state index in [4.69, 9.17) is 9.68 Å². The van der Waals surface area contributed by atoms with Crippen LogP contribution >= 0.6 is 0 Å². The van der Waals surface area contributed by atoms with Gasteiger partial charge in [0.2, 0.25) is 0 Å². The van der Waals surface area contributed by atoms with Gasteiger partial charge in [-0.2, -0.15) is 5.26 Å². The van der Waals surface area contributed by atoms with Gasteiger partial charge in [0, 0.05) is 13.0 Å². The number of nitrogens with one attached hydrogen (secondary N) is 1. The van der Waals surface area contributed by atoms with Gasteiger partial charge < -0.3 is 9.73 Å². The number of furan rings is 1. The van der Waals surface area contributed by atoms with E-state index in [-0.39, 0.29) is 5.56 Å². The lowest BCUT2D eigenvalue weighted by Gasteiger charge is -2.07. The molecule has 0 fully saturated rings. The first kappa shape index (κ1) is 11.2. The van der Waals surface area contributed by atoms with Gasteiger partial charge in [0.1, 0.15) is 23.2 Å². The third kappa shape index (κ3) is 2.64. The summed E-state index contributed by atoms with van der Waals surface area (Å²) in [6, 6.07) is 10.1. The van der Waals surface area contributed by atoms with E-state index in [2.05, 4.69) is 5.32 Å². The van der Waals surface area contributed by atoms with E-state index in [9.17, 15) is 4.39 Å². The highest BCUT2D eigenvalue weighted by molar-refractivity contribution is 5.57. The molecule has 0 amide bonds. The molecule has 0 radical (unpaired) electrons. The molecule has 0 aliphatic heterocycles. The zero-order chi connectivity index (χ0) is 12.1. The van der Waals surface area contributed by atoms with Crippen molar-refractivity contribution in [1.82, 2.24) is 0 Å². The van der Waals surface area contributed by atoms with Gasteiger partial charge in [-0.3, -0.25) is 0 Å². The molecule has 1 heterocycles. The van der Waals surface area contributed by atoms with Gasteiger partial charge in [-0.15, -0.1) is 0 Å². The first-order valence-electron chi connectivity index (χ1n) is 5.26. The topological polar surface area (TPSA) is 49.0 Å². The highest BCUT2D eigenvalue weighted by Crippen LogP contribution is 2.17. The van der Waals surface area contributed by atoms with Crippen LogP contribution in [0.4, 0.5) is 10.1 Å². The molecule has 0 atom stereocenters. The molecular weight excluding hydrogens is 219 g/mol. The molecule has 0 spiro atoms. The molecule has 1 aromatic heterocycles. The summed E-state index contributed by atoms with van der Waals surface area (Å²) in [5.41, 5.74) is 0.561. The van der Waals surface area contributed by atoms with Crippen molar-refractivity contribution in [3.05, 3.63) is 53.7 Å². The Morgan fingerprint density at radius 2 is 2.18 bits per heavy atom. The highest BCUT2D eigenvalue weighted by Gasteiger charge is 2.06. The number of nitriles is 1. The lowest BCUT2D eigenvalue weighted by molar-refractivity contribution is 0.513. The van der Waals surface area contributed by atoms with Gasteiger partial charge in [-0.25, -0.2) is 4.39 Å². The second kappa shape index (κ2) is 5.17. The molecule has 0 unspecified atom stereocenters. The van der Waals surface area contributed by atoms with E-state index in [1.54, 1.807) is 18.4 Å². The first-order chi connectivity index (χ1) is 8.31. The molecule has 2 aromatic rings. The van der Waals surface area contributed by atoms with E-state index in [1.807, 2.05) is 18.2 Å². The maximum Gasteiger partial charge on any atom is 0.143 e. The van der Waals surface area contributed by atoms with Crippen LogP contribution in [0.3, 0.4) is 0 Å². The van der Waals surface area contributed by atoms with Crippen LogP contribution in [0.15, 0.2) is 41.0 Å². The van der Waals surface area contributed by atoms with E-state index in [0.29, 0.717) is 18.7 Å². The third-order valence-corrected chi connectivity index (χ3v) is 2.39. The predicted octanol–water partition coefficient (Wildman–Crippen LogP) is 2.94. The minimum atomic E-state index is -0.504. The maximum atomic E-state index is 13.3. The van der Waals surface area contributed by atoms with Crippen molar-refractivity contribution in [3.63, 3.8) is 0 Å². The summed E-state index contributed by atoms with van der Waals surface area (Å²) < 4.78 is 18.4. The van der Waals surface area contributed by atoms with Crippen molar-refractivity contribution >= 4 is 5.69 Å². The van der Waals surface area contributed by atoms with Crippen molar-refractivity contribution in [1.29, 1.82) is 5.26 Å². The SMILES string of the molecule is N#Cc1c(F)cccc1NCCc1ccco1. The zero-order valence-electron chi connectivity index (χ0n) is 9.11. The molecule has 86 valence electrons. The molecule has 0 aliphatic carbocycles. The lowest BCUT2D eigenvalue weighted by Crippen LogP contribution is -2.06. The Labute approximate surface area is 98.5 Å². The van der Waals surface area contributed by atoms with Crippen molar-refractivity contribution in [3.8, 4) is 6.07 Å². The van der Waals surface area contributed by atoms with Crippen LogP contribution in [-0.4, -0.2) is 6.54 Å². The molecule has 1 aromatic carbocycles. The monoisotopic (exact) mass is 230 g/mol. The zero-order valence-corrected chi connectivity index (χ0v) is 9.11. The van der Waals surface area contributed by atoms with E-state index >= 15 is 0 Å². The van der Waals surface area contributed by atoms with Crippen LogP contribution in [0, 0.1) is 17.1 Å². The van der Waals surface area contributed by atoms with Gasteiger partial charge in [0.05, 0.1) is 12.0 Å². The van der Waals surface area contributed by atoms with Gasteiger partial charge in [0.15, 0.2) is 0 Å². The Hall–Kier alpha value is -2.28. The van der Waals surface area contributed by atoms with Crippen LogP contribution in [0.1, 0.15) is 11.3 Å². The van der Waals surface area contributed by atoms with E-state index in [0.717, 1.165) is 5.76 Å². The van der Waals surface area contributed by atoms with Crippen LogP contribution in [0.2, 0.25) is 0 Å². The molecule has 0 bridgehead atoms. The normalized spacial score (nSPS) is 9.88. The molecular formula is C13H11FN2O. The summed E-state index contributed by atoms with van der Waals surface area (Å²) in [7, 11) is 0. The molecule has 17 heavy (non-hydrogen) atoms. The van der Waals surface area contributed by atoms with Crippen LogP contribution < -0.4 is 5.32 Å².